The van der Waals surface area contributed by atoms with Gasteiger partial charge in [0, 0.05) is 33.5 Å². The predicted molar refractivity (Wildman–Crippen MR) is 133 cm³/mol. The molecule has 0 bridgehead atoms. The van der Waals surface area contributed by atoms with Crippen molar-refractivity contribution < 1.29 is 8.83 Å². The first kappa shape index (κ1) is 16.3. The lowest BCUT2D eigenvalue weighted by atomic mass is 9.63. The molecule has 0 aliphatic carbocycles. The normalized spacial score (nSPS) is 14.5. The van der Waals surface area contributed by atoms with Gasteiger partial charge in [-0.15, -0.1) is 0 Å². The highest BCUT2D eigenvalue weighted by molar-refractivity contribution is 6.86. The van der Waals surface area contributed by atoms with E-state index in [4.69, 9.17) is 8.83 Å². The predicted octanol–water partition coefficient (Wildman–Crippen LogP) is 6.83. The summed E-state index contributed by atoms with van der Waals surface area (Å²) in [4.78, 5) is 4.74. The van der Waals surface area contributed by atoms with Crippen molar-refractivity contribution in [3.8, 4) is 22.3 Å². The van der Waals surface area contributed by atoms with Crippen molar-refractivity contribution in [2.45, 2.75) is 0 Å². The maximum atomic E-state index is 6.62. The van der Waals surface area contributed by atoms with Crippen molar-refractivity contribution in [3.63, 3.8) is 0 Å². The molecule has 0 fully saturated rings. The molecule has 0 spiro atoms. The SMILES string of the molecule is c1ccc2c(c1)-c1c(oc3ccccc13)B1N2c2oc3cccc4c3c2N1c1ccccc1-4. The van der Waals surface area contributed by atoms with Crippen LogP contribution in [0.5, 0.6) is 0 Å². The first-order valence-corrected chi connectivity index (χ1v) is 11.2. The summed E-state index contributed by atoms with van der Waals surface area (Å²) in [5.74, 6) is 0.885. The molecule has 0 N–H and O–H groups in total. The average molecular weight is 422 g/mol. The largest absolute Gasteiger partial charge is 0.465 e. The van der Waals surface area contributed by atoms with E-state index in [9.17, 15) is 0 Å². The number of anilines is 4. The fraction of sp³-hybridized carbons (Fsp3) is 0. The molecule has 0 radical (unpaired) electrons. The Morgan fingerprint density at radius 1 is 0.576 bits per heavy atom. The smallest absolute Gasteiger partial charge is 0.462 e. The number of fused-ring (bicyclic) bond motifs is 13. The van der Waals surface area contributed by atoms with Crippen LogP contribution in [-0.2, 0) is 0 Å². The van der Waals surface area contributed by atoms with Crippen molar-refractivity contribution in [2.24, 2.45) is 0 Å². The Morgan fingerprint density at radius 2 is 1.27 bits per heavy atom. The fourth-order valence-electron chi connectivity index (χ4n) is 6.14. The third-order valence-corrected chi connectivity index (χ3v) is 7.36. The van der Waals surface area contributed by atoms with Crippen LogP contribution in [0.2, 0.25) is 0 Å². The van der Waals surface area contributed by atoms with Crippen LogP contribution in [0.1, 0.15) is 0 Å². The van der Waals surface area contributed by atoms with Gasteiger partial charge in [0.1, 0.15) is 22.5 Å². The quantitative estimate of drug-likeness (QED) is 0.251. The Bertz CT molecular complexity index is 1810. The molecule has 0 atom stereocenters. The number of hydrogen-bond donors (Lipinski definition) is 0. The van der Waals surface area contributed by atoms with Gasteiger partial charge in [0.15, 0.2) is 0 Å². The fourth-order valence-corrected chi connectivity index (χ4v) is 6.14. The third kappa shape index (κ3) is 1.72. The molecule has 6 aromatic rings. The summed E-state index contributed by atoms with van der Waals surface area (Å²) in [5, 5.41) is 2.33. The van der Waals surface area contributed by atoms with Gasteiger partial charge >= 0.3 is 6.98 Å². The molecular weight excluding hydrogens is 407 g/mol. The van der Waals surface area contributed by atoms with E-state index in [0.717, 1.165) is 39.5 Å². The minimum absolute atomic E-state index is 0.144. The standard InChI is InChI=1S/C28H15BN2O2/c1-4-12-20-16(8-1)17-11-7-15-23-25(17)26-28(33-23)31-21-13-5-2-9-18(21)24-19-10-3-6-14-22(19)32-27(24)29(31)30(20)26/h1-15H. The lowest BCUT2D eigenvalue weighted by molar-refractivity contribution is 0.625. The van der Waals surface area contributed by atoms with Crippen LogP contribution in [0.25, 0.3) is 44.2 Å². The highest BCUT2D eigenvalue weighted by atomic mass is 16.4. The van der Waals surface area contributed by atoms with Crippen LogP contribution in [-0.4, -0.2) is 6.98 Å². The van der Waals surface area contributed by atoms with Crippen molar-refractivity contribution >= 4 is 57.5 Å². The summed E-state index contributed by atoms with van der Waals surface area (Å²) in [6, 6.07) is 31.9. The van der Waals surface area contributed by atoms with E-state index in [1.54, 1.807) is 0 Å². The number of nitrogens with zero attached hydrogens (tertiary/aromatic N) is 2. The Balaban J connectivity index is 1.48. The molecule has 5 heteroatoms. The molecule has 2 aromatic heterocycles. The molecule has 3 aliphatic rings. The maximum Gasteiger partial charge on any atom is 0.462 e. The van der Waals surface area contributed by atoms with Crippen LogP contribution in [0.3, 0.4) is 0 Å². The second-order valence-electron chi connectivity index (χ2n) is 8.92. The van der Waals surface area contributed by atoms with E-state index >= 15 is 0 Å². The molecule has 33 heavy (non-hydrogen) atoms. The molecular formula is C28H15BN2O2. The van der Waals surface area contributed by atoms with Crippen molar-refractivity contribution in [1.29, 1.82) is 0 Å². The summed E-state index contributed by atoms with van der Waals surface area (Å²) < 4.78 is 13.2. The van der Waals surface area contributed by atoms with Gasteiger partial charge in [0.25, 0.3) is 0 Å². The number of benzene rings is 4. The molecule has 152 valence electrons. The number of para-hydroxylation sites is 3. The van der Waals surface area contributed by atoms with Gasteiger partial charge in [-0.2, -0.15) is 0 Å². The number of rotatable bonds is 0. The second kappa shape index (κ2) is 5.33. The van der Waals surface area contributed by atoms with Crippen molar-refractivity contribution in [3.05, 3.63) is 91.0 Å². The summed E-state index contributed by atoms with van der Waals surface area (Å²) >= 11 is 0. The maximum absolute atomic E-state index is 6.62. The van der Waals surface area contributed by atoms with Gasteiger partial charge < -0.3 is 18.5 Å². The van der Waals surface area contributed by atoms with E-state index in [0.29, 0.717) is 0 Å². The molecule has 0 saturated carbocycles. The molecule has 0 amide bonds. The molecule has 5 heterocycles. The number of hydrogen-bond acceptors (Lipinski definition) is 4. The van der Waals surface area contributed by atoms with Crippen LogP contribution in [0, 0.1) is 0 Å². The minimum atomic E-state index is -0.144. The zero-order valence-electron chi connectivity index (χ0n) is 17.4. The van der Waals surface area contributed by atoms with Gasteiger partial charge in [-0.05, 0) is 29.8 Å². The lowest BCUT2D eigenvalue weighted by Crippen LogP contribution is -2.55. The second-order valence-corrected chi connectivity index (χ2v) is 8.92. The Hall–Kier alpha value is -4.38. The van der Waals surface area contributed by atoms with Crippen LogP contribution >= 0.6 is 0 Å². The Kier molecular flexibility index (Phi) is 2.63. The lowest BCUT2D eigenvalue weighted by Gasteiger charge is -2.35. The Labute approximate surface area is 189 Å². The topological polar surface area (TPSA) is 32.8 Å². The van der Waals surface area contributed by atoms with E-state index in [1.165, 1.54) is 33.3 Å². The number of furan rings is 2. The van der Waals surface area contributed by atoms with E-state index in [-0.39, 0.29) is 6.98 Å². The third-order valence-electron chi connectivity index (χ3n) is 7.36. The van der Waals surface area contributed by atoms with E-state index < -0.39 is 0 Å². The summed E-state index contributed by atoms with van der Waals surface area (Å²) in [6.45, 7) is -0.144. The minimum Gasteiger partial charge on any atom is -0.465 e. The average Bonchev–Trinajstić information content (AvgIpc) is 3.53. The highest BCUT2D eigenvalue weighted by Crippen LogP contribution is 2.60. The van der Waals surface area contributed by atoms with Crippen molar-refractivity contribution in [1.82, 2.24) is 0 Å². The molecule has 0 saturated heterocycles. The summed E-state index contributed by atoms with van der Waals surface area (Å²) in [5.41, 5.74) is 11.1. The van der Waals surface area contributed by atoms with Crippen LogP contribution < -0.4 is 15.3 Å². The summed E-state index contributed by atoms with van der Waals surface area (Å²) in [6.07, 6.45) is 0. The molecule has 4 nitrogen and oxygen atoms in total. The monoisotopic (exact) mass is 422 g/mol. The van der Waals surface area contributed by atoms with E-state index in [2.05, 4.69) is 94.6 Å². The van der Waals surface area contributed by atoms with Crippen LogP contribution in [0.4, 0.5) is 22.9 Å². The zero-order chi connectivity index (χ0) is 21.3. The van der Waals surface area contributed by atoms with E-state index in [1.807, 2.05) is 6.07 Å². The van der Waals surface area contributed by atoms with Gasteiger partial charge in [-0.25, -0.2) is 0 Å². The first-order chi connectivity index (χ1) is 16.4. The zero-order valence-corrected chi connectivity index (χ0v) is 17.4. The molecule has 9 rings (SSSR count). The molecule has 0 unspecified atom stereocenters. The summed E-state index contributed by atoms with van der Waals surface area (Å²) in [7, 11) is 0. The molecule has 4 aromatic carbocycles. The first-order valence-electron chi connectivity index (χ1n) is 11.2. The van der Waals surface area contributed by atoms with Gasteiger partial charge in [-0.1, -0.05) is 66.7 Å². The Morgan fingerprint density at radius 3 is 2.18 bits per heavy atom. The molecule has 3 aliphatic heterocycles. The van der Waals surface area contributed by atoms with Gasteiger partial charge in [0.2, 0.25) is 5.88 Å². The van der Waals surface area contributed by atoms with Crippen molar-refractivity contribution in [2.75, 3.05) is 9.62 Å². The highest BCUT2D eigenvalue weighted by Gasteiger charge is 2.55. The van der Waals surface area contributed by atoms with Gasteiger partial charge in [-0.3, -0.25) is 0 Å². The van der Waals surface area contributed by atoms with Crippen LogP contribution in [0.15, 0.2) is 99.8 Å². The van der Waals surface area contributed by atoms with Gasteiger partial charge in [0.05, 0.1) is 5.39 Å².